The number of pyridine rings is 1. The van der Waals surface area contributed by atoms with Crippen LogP contribution in [0.5, 0.6) is 0 Å². The van der Waals surface area contributed by atoms with Crippen LogP contribution in [0.3, 0.4) is 0 Å². The van der Waals surface area contributed by atoms with Gasteiger partial charge in [-0.05, 0) is 42.7 Å². The molecule has 3 N–H and O–H groups in total. The Bertz CT molecular complexity index is 1550. The number of anilines is 3. The Balaban J connectivity index is 1.21. The van der Waals surface area contributed by atoms with E-state index in [2.05, 4.69) is 37.2 Å². The molecule has 0 bridgehead atoms. The van der Waals surface area contributed by atoms with Crippen molar-refractivity contribution < 1.29 is 17.9 Å². The van der Waals surface area contributed by atoms with E-state index in [9.17, 15) is 13.2 Å². The number of hydrogen-bond acceptors (Lipinski definition) is 8. The van der Waals surface area contributed by atoms with Crippen LogP contribution in [0, 0.1) is 0 Å². The number of nitrogen functional groups attached to an aromatic ring is 1. The van der Waals surface area contributed by atoms with Crippen LogP contribution in [0.2, 0.25) is 5.02 Å². The smallest absolute Gasteiger partial charge is 0.384 e. The van der Waals surface area contributed by atoms with Gasteiger partial charge in [-0.15, -0.1) is 5.10 Å². The molecule has 2 aromatic heterocycles. The van der Waals surface area contributed by atoms with Crippen molar-refractivity contribution >= 4 is 40.1 Å². The molecule has 4 aromatic rings. The lowest BCUT2D eigenvalue weighted by molar-refractivity contribution is -0.140. The molecule has 228 valence electrons. The number of ether oxygens (including phenoxy) is 1. The molecule has 0 aliphatic carbocycles. The second kappa shape index (κ2) is 12.2. The first kappa shape index (κ1) is 29.5. The fraction of sp³-hybridized carbons (Fsp3) is 0.433. The molecule has 0 saturated carbocycles. The molecule has 43 heavy (non-hydrogen) atoms. The lowest BCUT2D eigenvalue weighted by Gasteiger charge is -2.42. The Morgan fingerprint density at radius 1 is 0.953 bits per heavy atom. The maximum Gasteiger partial charge on any atom is 0.433 e. The number of rotatable bonds is 8. The van der Waals surface area contributed by atoms with Gasteiger partial charge in [0.05, 0.1) is 25.3 Å². The van der Waals surface area contributed by atoms with Crippen molar-refractivity contribution in [3.05, 3.63) is 70.9 Å². The van der Waals surface area contributed by atoms with Crippen molar-refractivity contribution in [3.8, 4) is 0 Å². The van der Waals surface area contributed by atoms with Crippen LogP contribution in [0.15, 0.2) is 54.6 Å². The predicted molar refractivity (Wildman–Crippen MR) is 162 cm³/mol. The highest BCUT2D eigenvalue weighted by atomic mass is 35.5. The van der Waals surface area contributed by atoms with E-state index < -0.39 is 11.9 Å². The third kappa shape index (κ3) is 6.51. The van der Waals surface area contributed by atoms with Gasteiger partial charge in [0.25, 0.3) is 0 Å². The fourth-order valence-corrected chi connectivity index (χ4v) is 6.12. The Morgan fingerprint density at radius 3 is 2.42 bits per heavy atom. The van der Waals surface area contributed by atoms with Gasteiger partial charge in [-0.25, -0.2) is 9.67 Å². The van der Waals surface area contributed by atoms with Crippen LogP contribution >= 0.6 is 11.6 Å². The average molecular weight is 615 g/mol. The van der Waals surface area contributed by atoms with Crippen LogP contribution < -0.4 is 16.0 Å². The van der Waals surface area contributed by atoms with E-state index in [1.807, 2.05) is 18.2 Å². The fourth-order valence-electron chi connectivity index (χ4n) is 5.95. The van der Waals surface area contributed by atoms with Gasteiger partial charge in [0.1, 0.15) is 5.69 Å². The van der Waals surface area contributed by atoms with Gasteiger partial charge in [-0.2, -0.15) is 18.2 Å². The topological polar surface area (TPSA) is 97.4 Å². The number of aromatic nitrogens is 4. The van der Waals surface area contributed by atoms with Gasteiger partial charge in [0.15, 0.2) is 0 Å². The minimum atomic E-state index is -4.58. The zero-order chi connectivity index (χ0) is 30.0. The molecular weight excluding hydrogens is 581 g/mol. The molecule has 2 aromatic carbocycles. The molecule has 2 saturated heterocycles. The Morgan fingerprint density at radius 2 is 1.70 bits per heavy atom. The summed E-state index contributed by atoms with van der Waals surface area (Å²) >= 11 is 6.23. The van der Waals surface area contributed by atoms with Crippen LogP contribution in [0.25, 0.3) is 10.9 Å². The number of nitrogens with one attached hydrogen (secondary N) is 1. The van der Waals surface area contributed by atoms with Crippen LogP contribution in [-0.2, 0) is 22.9 Å². The molecule has 4 heterocycles. The van der Waals surface area contributed by atoms with E-state index in [1.165, 1.54) is 6.07 Å². The summed E-state index contributed by atoms with van der Waals surface area (Å²) in [7, 11) is 0. The van der Waals surface area contributed by atoms with Gasteiger partial charge in [-0.1, -0.05) is 41.9 Å². The summed E-state index contributed by atoms with van der Waals surface area (Å²) in [5.74, 6) is 0.979. The quantitative estimate of drug-likeness (QED) is 0.284. The van der Waals surface area contributed by atoms with Crippen molar-refractivity contribution in [1.29, 1.82) is 0 Å². The number of nitrogens with two attached hydrogens (primary N) is 1. The normalized spacial score (nSPS) is 17.8. The molecule has 0 radical (unpaired) electrons. The average Bonchev–Trinajstić information content (AvgIpc) is 3.39. The second-order valence-electron chi connectivity index (χ2n) is 11.1. The maximum absolute atomic E-state index is 13.7. The molecule has 0 atom stereocenters. The van der Waals surface area contributed by atoms with Crippen molar-refractivity contribution in [1.82, 2.24) is 24.6 Å². The van der Waals surface area contributed by atoms with E-state index in [0.29, 0.717) is 54.2 Å². The van der Waals surface area contributed by atoms with Crippen molar-refractivity contribution in [2.24, 2.45) is 0 Å². The van der Waals surface area contributed by atoms with E-state index in [0.717, 1.165) is 57.3 Å². The SMILES string of the molecule is Nc1nc(N2CCC(CNc3cc(C(F)(F)F)nc4ccc(Cl)cc34)(c3ccccc3)CC2)nn1CCN1CCOCC1. The minimum Gasteiger partial charge on any atom is -0.384 e. The number of hydrogen-bond donors (Lipinski definition) is 2. The maximum atomic E-state index is 13.7. The Labute approximate surface area is 252 Å². The van der Waals surface area contributed by atoms with E-state index in [4.69, 9.17) is 27.2 Å². The van der Waals surface area contributed by atoms with Crippen LogP contribution in [0.4, 0.5) is 30.8 Å². The molecule has 2 fully saturated rings. The number of piperidine rings is 1. The highest BCUT2D eigenvalue weighted by Crippen LogP contribution is 2.39. The zero-order valence-corrected chi connectivity index (χ0v) is 24.4. The van der Waals surface area contributed by atoms with E-state index in [1.54, 1.807) is 16.8 Å². The van der Waals surface area contributed by atoms with Crippen LogP contribution in [0.1, 0.15) is 24.1 Å². The minimum absolute atomic E-state index is 0.234. The van der Waals surface area contributed by atoms with E-state index in [-0.39, 0.29) is 10.9 Å². The summed E-state index contributed by atoms with van der Waals surface area (Å²) in [6, 6.07) is 15.9. The van der Waals surface area contributed by atoms with E-state index >= 15 is 0 Å². The summed E-state index contributed by atoms with van der Waals surface area (Å²) in [6.45, 7) is 6.49. The number of fused-ring (bicyclic) bond motifs is 1. The summed E-state index contributed by atoms with van der Waals surface area (Å²) in [6.07, 6.45) is -3.10. The van der Waals surface area contributed by atoms with Gasteiger partial charge >= 0.3 is 6.18 Å². The lowest BCUT2D eigenvalue weighted by atomic mass is 9.72. The number of alkyl halides is 3. The predicted octanol–water partition coefficient (Wildman–Crippen LogP) is 5.06. The number of halogens is 4. The number of nitrogens with zero attached hydrogens (tertiary/aromatic N) is 6. The largest absolute Gasteiger partial charge is 0.433 e. The first-order valence-corrected chi connectivity index (χ1v) is 14.8. The third-order valence-corrected chi connectivity index (χ3v) is 8.72. The molecule has 2 aliphatic rings. The van der Waals surface area contributed by atoms with Gasteiger partial charge in [0.2, 0.25) is 11.9 Å². The van der Waals surface area contributed by atoms with Gasteiger partial charge in [-0.3, -0.25) is 4.90 Å². The third-order valence-electron chi connectivity index (χ3n) is 8.49. The van der Waals surface area contributed by atoms with Crippen LogP contribution in [-0.4, -0.2) is 77.1 Å². The zero-order valence-electron chi connectivity index (χ0n) is 23.7. The molecule has 0 unspecified atom stereocenters. The molecule has 13 heteroatoms. The standard InChI is InChI=1S/C30H34ClF3N8O/c31-22-6-7-24-23(18-22)25(19-26(37-24)30(32,33)34)36-20-29(21-4-2-1-3-5-21)8-10-41(11-9-29)28-38-27(35)42(39-28)13-12-40-14-16-43-17-15-40/h1-7,18-19H,8-17,20H2,(H,36,37)(H2,35,38,39). The highest BCUT2D eigenvalue weighted by molar-refractivity contribution is 6.31. The second-order valence-corrected chi connectivity index (χ2v) is 11.6. The summed E-state index contributed by atoms with van der Waals surface area (Å²) in [4.78, 5) is 12.9. The summed E-state index contributed by atoms with van der Waals surface area (Å²) < 4.78 is 48.4. The highest BCUT2D eigenvalue weighted by Gasteiger charge is 2.38. The molecule has 0 spiro atoms. The summed E-state index contributed by atoms with van der Waals surface area (Å²) in [5, 5.41) is 9.05. The van der Waals surface area contributed by atoms with Crippen molar-refractivity contribution in [3.63, 3.8) is 0 Å². The Kier molecular flexibility index (Phi) is 8.34. The molecular formula is C30H34ClF3N8O. The molecule has 2 aliphatic heterocycles. The van der Waals surface area contributed by atoms with Gasteiger partial charge in [0, 0.05) is 60.8 Å². The van der Waals surface area contributed by atoms with Crippen molar-refractivity contribution in [2.75, 3.05) is 68.4 Å². The molecule has 0 amide bonds. The number of morpholine rings is 1. The number of benzene rings is 2. The monoisotopic (exact) mass is 614 g/mol. The molecule has 9 nitrogen and oxygen atoms in total. The first-order valence-electron chi connectivity index (χ1n) is 14.4. The molecule has 6 rings (SSSR count). The Hall–Kier alpha value is -3.61. The summed E-state index contributed by atoms with van der Waals surface area (Å²) in [5.41, 5.74) is 6.66. The van der Waals surface area contributed by atoms with Crippen molar-refractivity contribution in [2.45, 2.75) is 31.0 Å². The first-order chi connectivity index (χ1) is 20.7. The van der Waals surface area contributed by atoms with Gasteiger partial charge < -0.3 is 20.7 Å². The lowest BCUT2D eigenvalue weighted by Crippen LogP contribution is -2.46.